The summed E-state index contributed by atoms with van der Waals surface area (Å²) in [5, 5.41) is 12.1. The number of carboxylic acid groups (broad SMARTS) is 1. The molecule has 2 N–H and O–H groups in total. The van der Waals surface area contributed by atoms with Crippen molar-refractivity contribution < 1.29 is 19.4 Å². The highest BCUT2D eigenvalue weighted by molar-refractivity contribution is 5.91. The molecule has 0 spiro atoms. The number of rotatable bonds is 8. The van der Waals surface area contributed by atoms with Gasteiger partial charge in [-0.05, 0) is 62.6 Å². The third-order valence-corrected chi connectivity index (χ3v) is 4.30. The number of benzene rings is 2. The minimum atomic E-state index is -0.962. The Labute approximate surface area is 154 Å². The number of ether oxygens (including phenoxy) is 1. The lowest BCUT2D eigenvalue weighted by molar-refractivity contribution is -0.142. The van der Waals surface area contributed by atoms with Crippen LogP contribution in [0.2, 0.25) is 0 Å². The molecule has 5 heteroatoms. The van der Waals surface area contributed by atoms with Crippen molar-refractivity contribution in [3.8, 4) is 5.75 Å². The number of anilines is 1. The van der Waals surface area contributed by atoms with Gasteiger partial charge in [0.15, 0.2) is 0 Å². The lowest BCUT2D eigenvalue weighted by atomic mass is 9.85. The zero-order chi connectivity index (χ0) is 19.2. The maximum Gasteiger partial charge on any atom is 0.313 e. The van der Waals surface area contributed by atoms with Gasteiger partial charge in [-0.2, -0.15) is 0 Å². The highest BCUT2D eigenvalue weighted by atomic mass is 16.5. The van der Waals surface area contributed by atoms with Gasteiger partial charge in [-0.15, -0.1) is 0 Å². The van der Waals surface area contributed by atoms with Crippen LogP contribution in [0.4, 0.5) is 5.69 Å². The Morgan fingerprint density at radius 3 is 2.19 bits per heavy atom. The Hall–Kier alpha value is -2.82. The summed E-state index contributed by atoms with van der Waals surface area (Å²) in [6, 6.07) is 14.7. The van der Waals surface area contributed by atoms with E-state index in [0.717, 1.165) is 11.3 Å². The Balaban J connectivity index is 1.88. The van der Waals surface area contributed by atoms with Crippen LogP contribution in [-0.4, -0.2) is 23.6 Å². The summed E-state index contributed by atoms with van der Waals surface area (Å²) in [6.07, 6.45) is 1.01. The van der Waals surface area contributed by atoms with Crippen molar-refractivity contribution in [1.82, 2.24) is 0 Å². The molecule has 26 heavy (non-hydrogen) atoms. The average Bonchev–Trinajstić information content (AvgIpc) is 2.62. The molecule has 0 bridgehead atoms. The minimum absolute atomic E-state index is 0.0795. The van der Waals surface area contributed by atoms with Gasteiger partial charge in [0, 0.05) is 12.1 Å². The van der Waals surface area contributed by atoms with Crippen LogP contribution in [0.3, 0.4) is 0 Å². The van der Waals surface area contributed by atoms with E-state index in [1.807, 2.05) is 31.2 Å². The topological polar surface area (TPSA) is 75.6 Å². The van der Waals surface area contributed by atoms with Gasteiger partial charge in [-0.1, -0.05) is 24.3 Å². The van der Waals surface area contributed by atoms with Crippen molar-refractivity contribution in [2.75, 3.05) is 11.9 Å². The first-order valence-corrected chi connectivity index (χ1v) is 8.68. The quantitative estimate of drug-likeness (QED) is 0.750. The van der Waals surface area contributed by atoms with Gasteiger partial charge in [0.1, 0.15) is 5.75 Å². The molecule has 0 saturated heterocycles. The zero-order valence-electron chi connectivity index (χ0n) is 15.4. The van der Waals surface area contributed by atoms with Gasteiger partial charge in [0.05, 0.1) is 12.0 Å². The number of amides is 1. The van der Waals surface area contributed by atoms with Gasteiger partial charge in [0.2, 0.25) is 5.91 Å². The van der Waals surface area contributed by atoms with Crippen molar-refractivity contribution in [2.45, 2.75) is 39.0 Å². The summed E-state index contributed by atoms with van der Waals surface area (Å²) in [4.78, 5) is 23.4. The fourth-order valence-corrected chi connectivity index (χ4v) is 2.49. The second-order valence-corrected chi connectivity index (χ2v) is 6.63. The zero-order valence-corrected chi connectivity index (χ0v) is 15.4. The molecule has 0 aromatic heterocycles. The van der Waals surface area contributed by atoms with Crippen LogP contribution < -0.4 is 10.1 Å². The lowest BCUT2D eigenvalue weighted by Gasteiger charge is -2.19. The van der Waals surface area contributed by atoms with Crippen molar-refractivity contribution in [3.05, 3.63) is 59.7 Å². The van der Waals surface area contributed by atoms with E-state index in [4.69, 9.17) is 4.74 Å². The van der Waals surface area contributed by atoms with Crippen LogP contribution in [0, 0.1) is 0 Å². The molecular formula is C21H25NO4. The molecule has 138 valence electrons. The molecule has 0 aliphatic heterocycles. The molecule has 0 aliphatic rings. The lowest BCUT2D eigenvalue weighted by Crippen LogP contribution is -2.28. The van der Waals surface area contributed by atoms with Crippen LogP contribution >= 0.6 is 0 Å². The largest absolute Gasteiger partial charge is 0.494 e. The van der Waals surface area contributed by atoms with E-state index < -0.39 is 11.4 Å². The van der Waals surface area contributed by atoms with Gasteiger partial charge in [0.25, 0.3) is 0 Å². The maximum atomic E-state index is 12.1. The number of hydrogen-bond donors (Lipinski definition) is 2. The van der Waals surface area contributed by atoms with E-state index in [2.05, 4.69) is 5.32 Å². The van der Waals surface area contributed by atoms with Crippen molar-refractivity contribution in [3.63, 3.8) is 0 Å². The molecule has 0 aliphatic carbocycles. The maximum absolute atomic E-state index is 12.1. The molecule has 2 rings (SSSR count). The molecule has 0 fully saturated rings. The van der Waals surface area contributed by atoms with Gasteiger partial charge in [-0.25, -0.2) is 0 Å². The monoisotopic (exact) mass is 355 g/mol. The van der Waals surface area contributed by atoms with Crippen molar-refractivity contribution >= 4 is 17.6 Å². The van der Waals surface area contributed by atoms with E-state index in [1.165, 1.54) is 0 Å². The Morgan fingerprint density at radius 2 is 1.65 bits per heavy atom. The highest BCUT2D eigenvalue weighted by Gasteiger charge is 2.29. The number of hydrogen-bond acceptors (Lipinski definition) is 3. The number of carbonyl (C=O) groups excluding carboxylic acids is 1. The second-order valence-electron chi connectivity index (χ2n) is 6.63. The summed E-state index contributed by atoms with van der Waals surface area (Å²) in [6.45, 7) is 5.87. The number of aryl methyl sites for hydroxylation is 1. The summed E-state index contributed by atoms with van der Waals surface area (Å²) < 4.78 is 5.40. The number of aliphatic carboxylic acids is 1. The van der Waals surface area contributed by atoms with E-state index in [0.29, 0.717) is 30.7 Å². The van der Waals surface area contributed by atoms with Crippen LogP contribution in [0.5, 0.6) is 5.75 Å². The van der Waals surface area contributed by atoms with Crippen LogP contribution in [0.15, 0.2) is 48.5 Å². The molecule has 1 amide bonds. The highest BCUT2D eigenvalue weighted by Crippen LogP contribution is 2.25. The third kappa shape index (κ3) is 5.09. The molecule has 2 aromatic carbocycles. The van der Waals surface area contributed by atoms with E-state index in [9.17, 15) is 14.7 Å². The molecule has 0 radical (unpaired) electrons. The molecule has 0 heterocycles. The Morgan fingerprint density at radius 1 is 1.04 bits per heavy atom. The Bertz CT molecular complexity index is 749. The minimum Gasteiger partial charge on any atom is -0.494 e. The van der Waals surface area contributed by atoms with E-state index in [1.54, 1.807) is 38.1 Å². The summed E-state index contributed by atoms with van der Waals surface area (Å²) in [5.41, 5.74) is 1.46. The molecule has 5 nitrogen and oxygen atoms in total. The van der Waals surface area contributed by atoms with Crippen molar-refractivity contribution in [1.29, 1.82) is 0 Å². The van der Waals surface area contributed by atoms with Crippen LogP contribution in [-0.2, 0) is 21.4 Å². The van der Waals surface area contributed by atoms with Crippen LogP contribution in [0.1, 0.15) is 38.3 Å². The summed E-state index contributed by atoms with van der Waals surface area (Å²) in [7, 11) is 0. The fourth-order valence-electron chi connectivity index (χ4n) is 2.49. The second kappa shape index (κ2) is 8.52. The first kappa shape index (κ1) is 19.5. The predicted molar refractivity (Wildman–Crippen MR) is 102 cm³/mol. The smallest absolute Gasteiger partial charge is 0.313 e. The number of carboxylic acids is 1. The summed E-state index contributed by atoms with van der Waals surface area (Å²) >= 11 is 0. The molecule has 0 atom stereocenters. The third-order valence-electron chi connectivity index (χ3n) is 4.30. The van der Waals surface area contributed by atoms with Crippen LogP contribution in [0.25, 0.3) is 0 Å². The standard InChI is InChI=1S/C21H25NO4/c1-4-26-18-12-5-15(6-13-18)7-14-19(23)22-17-10-8-16(9-11-17)21(2,3)20(24)25/h5-6,8-13H,4,7,14H2,1-3H3,(H,22,23)(H,24,25). The van der Waals surface area contributed by atoms with Crippen molar-refractivity contribution in [2.24, 2.45) is 0 Å². The van der Waals surface area contributed by atoms with E-state index >= 15 is 0 Å². The number of carbonyl (C=O) groups is 2. The predicted octanol–water partition coefficient (Wildman–Crippen LogP) is 4.02. The van der Waals surface area contributed by atoms with Gasteiger partial charge >= 0.3 is 5.97 Å². The summed E-state index contributed by atoms with van der Waals surface area (Å²) in [5.74, 6) is -0.140. The Kier molecular flexibility index (Phi) is 6.39. The fraction of sp³-hybridized carbons (Fsp3) is 0.333. The average molecular weight is 355 g/mol. The van der Waals surface area contributed by atoms with Gasteiger partial charge in [-0.3, -0.25) is 9.59 Å². The number of nitrogens with one attached hydrogen (secondary N) is 1. The normalized spacial score (nSPS) is 11.0. The SMILES string of the molecule is CCOc1ccc(CCC(=O)Nc2ccc(C(C)(C)C(=O)O)cc2)cc1. The first-order valence-electron chi connectivity index (χ1n) is 8.68. The first-order chi connectivity index (χ1) is 12.3. The van der Waals surface area contributed by atoms with E-state index in [-0.39, 0.29) is 5.91 Å². The molecule has 0 unspecified atom stereocenters. The molecular weight excluding hydrogens is 330 g/mol. The molecule has 2 aromatic rings. The molecule has 0 saturated carbocycles. The van der Waals surface area contributed by atoms with Gasteiger partial charge < -0.3 is 15.2 Å².